The van der Waals surface area contributed by atoms with Crippen molar-refractivity contribution >= 4 is 17.2 Å². The topological polar surface area (TPSA) is 68.2 Å². The van der Waals surface area contributed by atoms with Gasteiger partial charge in [0.25, 0.3) is 5.91 Å². The molecule has 1 aliphatic heterocycles. The number of thiazole rings is 1. The molecule has 1 amide bonds. The number of aryl methyl sites for hydroxylation is 1. The summed E-state index contributed by atoms with van der Waals surface area (Å²) in [6.45, 7) is 7.01. The van der Waals surface area contributed by atoms with Gasteiger partial charge in [0.05, 0.1) is 24.4 Å². The van der Waals surface area contributed by atoms with Gasteiger partial charge in [-0.3, -0.25) is 4.79 Å². The van der Waals surface area contributed by atoms with Crippen molar-refractivity contribution in [1.29, 1.82) is 0 Å². The first-order valence-electron chi connectivity index (χ1n) is 7.23. The minimum atomic E-state index is 0.0137. The van der Waals surface area contributed by atoms with Crippen LogP contribution >= 0.6 is 11.3 Å². The summed E-state index contributed by atoms with van der Waals surface area (Å²) in [5, 5.41) is 0.676. The summed E-state index contributed by atoms with van der Waals surface area (Å²) in [5.74, 6) is 0.567. The molecule has 22 heavy (non-hydrogen) atoms. The van der Waals surface area contributed by atoms with Crippen LogP contribution in [0, 0.1) is 6.92 Å². The largest absolute Gasteiger partial charge is 0.375 e. The second-order valence-electron chi connectivity index (χ2n) is 5.46. The number of carbonyl (C=O) groups excluding carboxylic acids is 1. The zero-order valence-corrected chi connectivity index (χ0v) is 13.6. The summed E-state index contributed by atoms with van der Waals surface area (Å²) >= 11 is 1.35. The number of nitrogens with zero attached hydrogens (tertiary/aromatic N) is 4. The van der Waals surface area contributed by atoms with Gasteiger partial charge in [0.1, 0.15) is 4.88 Å². The molecule has 2 atom stereocenters. The highest BCUT2D eigenvalue weighted by Crippen LogP contribution is 2.27. The van der Waals surface area contributed by atoms with E-state index in [0.29, 0.717) is 28.9 Å². The monoisotopic (exact) mass is 318 g/mol. The Morgan fingerprint density at radius 3 is 2.82 bits per heavy atom. The number of ether oxygens (including phenoxy) is 1. The first kappa shape index (κ1) is 15.1. The van der Waals surface area contributed by atoms with E-state index >= 15 is 0 Å². The van der Waals surface area contributed by atoms with Gasteiger partial charge in [-0.15, -0.1) is 11.3 Å². The van der Waals surface area contributed by atoms with Crippen LogP contribution in [0.2, 0.25) is 0 Å². The Kier molecular flexibility index (Phi) is 4.17. The second-order valence-corrected chi connectivity index (χ2v) is 6.46. The van der Waals surface area contributed by atoms with Gasteiger partial charge in [0.2, 0.25) is 0 Å². The first-order valence-corrected chi connectivity index (χ1v) is 8.05. The van der Waals surface area contributed by atoms with Crippen molar-refractivity contribution in [3.05, 3.63) is 29.0 Å². The molecular formula is C15H18N4O2S. The smallest absolute Gasteiger partial charge is 0.266 e. The minimum absolute atomic E-state index is 0.0137. The molecule has 7 heteroatoms. The van der Waals surface area contributed by atoms with Crippen LogP contribution < -0.4 is 0 Å². The van der Waals surface area contributed by atoms with Crippen LogP contribution in [0.3, 0.4) is 0 Å². The molecule has 0 spiro atoms. The first-order chi connectivity index (χ1) is 10.6. The van der Waals surface area contributed by atoms with Crippen molar-refractivity contribution in [3.63, 3.8) is 0 Å². The van der Waals surface area contributed by atoms with E-state index in [1.165, 1.54) is 11.3 Å². The Bertz CT molecular complexity index is 673. The van der Waals surface area contributed by atoms with Gasteiger partial charge < -0.3 is 9.64 Å². The lowest BCUT2D eigenvalue weighted by molar-refractivity contribution is -0.0385. The molecule has 1 aliphatic rings. The van der Waals surface area contributed by atoms with Gasteiger partial charge in [-0.1, -0.05) is 0 Å². The van der Waals surface area contributed by atoms with Crippen LogP contribution in [-0.2, 0) is 4.74 Å². The summed E-state index contributed by atoms with van der Waals surface area (Å²) in [5.41, 5.74) is 0.726. The fourth-order valence-corrected chi connectivity index (χ4v) is 3.39. The van der Waals surface area contributed by atoms with Crippen molar-refractivity contribution in [2.45, 2.75) is 32.9 Å². The molecule has 0 bridgehead atoms. The molecule has 3 rings (SSSR count). The third-order valence-corrected chi connectivity index (χ3v) is 4.76. The maximum Gasteiger partial charge on any atom is 0.266 e. The summed E-state index contributed by atoms with van der Waals surface area (Å²) in [4.78, 5) is 28.2. The van der Waals surface area contributed by atoms with Gasteiger partial charge in [0.15, 0.2) is 10.8 Å². The highest BCUT2D eigenvalue weighted by Gasteiger charge is 2.30. The van der Waals surface area contributed by atoms with Crippen LogP contribution in [0.15, 0.2) is 18.5 Å². The maximum absolute atomic E-state index is 12.8. The molecule has 0 aliphatic carbocycles. The second kappa shape index (κ2) is 6.10. The average Bonchev–Trinajstić information content (AvgIpc) is 2.92. The molecule has 1 fully saturated rings. The summed E-state index contributed by atoms with van der Waals surface area (Å²) in [6, 6.07) is 1.83. The van der Waals surface area contributed by atoms with E-state index in [-0.39, 0.29) is 18.1 Å². The molecule has 2 aromatic rings. The van der Waals surface area contributed by atoms with Crippen LogP contribution in [0.5, 0.6) is 0 Å². The van der Waals surface area contributed by atoms with Crippen LogP contribution in [0.25, 0.3) is 10.8 Å². The molecule has 0 aromatic carbocycles. The number of amides is 1. The van der Waals surface area contributed by atoms with Crippen LogP contribution in [0.4, 0.5) is 0 Å². The Morgan fingerprint density at radius 2 is 2.09 bits per heavy atom. The predicted molar refractivity (Wildman–Crippen MR) is 83.8 cm³/mol. The normalized spacial score (nSPS) is 21.9. The fraction of sp³-hybridized carbons (Fsp3) is 0.467. The Hall–Kier alpha value is -1.86. The van der Waals surface area contributed by atoms with Gasteiger partial charge in [-0.05, 0) is 26.8 Å². The number of hydrogen-bond acceptors (Lipinski definition) is 6. The van der Waals surface area contributed by atoms with Crippen molar-refractivity contribution < 1.29 is 9.53 Å². The third-order valence-electron chi connectivity index (χ3n) is 3.62. The average molecular weight is 318 g/mol. The molecule has 116 valence electrons. The Labute approximate surface area is 133 Å². The van der Waals surface area contributed by atoms with E-state index in [0.717, 1.165) is 5.69 Å². The summed E-state index contributed by atoms with van der Waals surface area (Å²) in [6.07, 6.45) is 3.41. The highest BCUT2D eigenvalue weighted by molar-refractivity contribution is 7.17. The molecule has 1 saturated heterocycles. The molecule has 3 heterocycles. The maximum atomic E-state index is 12.8. The summed E-state index contributed by atoms with van der Waals surface area (Å²) < 4.78 is 5.59. The lowest BCUT2D eigenvalue weighted by Crippen LogP contribution is -2.50. The molecule has 6 nitrogen and oxygen atoms in total. The summed E-state index contributed by atoms with van der Waals surface area (Å²) in [7, 11) is 0. The number of morpholine rings is 1. The van der Waals surface area contributed by atoms with E-state index in [2.05, 4.69) is 15.0 Å². The molecule has 2 aromatic heterocycles. The number of carbonyl (C=O) groups is 1. The van der Waals surface area contributed by atoms with E-state index < -0.39 is 0 Å². The predicted octanol–water partition coefficient (Wildman–Crippen LogP) is 2.16. The molecule has 0 N–H and O–H groups in total. The fourth-order valence-electron chi connectivity index (χ4n) is 2.42. The van der Waals surface area contributed by atoms with E-state index in [1.807, 2.05) is 25.7 Å². The number of hydrogen-bond donors (Lipinski definition) is 0. The molecule has 0 saturated carbocycles. The van der Waals surface area contributed by atoms with Crippen molar-refractivity contribution in [3.8, 4) is 10.8 Å². The van der Waals surface area contributed by atoms with E-state index in [9.17, 15) is 4.79 Å². The Morgan fingerprint density at radius 1 is 1.36 bits per heavy atom. The highest BCUT2D eigenvalue weighted by atomic mass is 32.1. The lowest BCUT2D eigenvalue weighted by atomic mass is 10.2. The SMILES string of the molecule is Cc1nc(-c2ncccn2)sc1C(=O)N1C[C@@H](C)OC[C@@H]1C. The van der Waals surface area contributed by atoms with Crippen molar-refractivity contribution in [2.75, 3.05) is 13.2 Å². The third kappa shape index (κ3) is 2.86. The van der Waals surface area contributed by atoms with Gasteiger partial charge in [-0.2, -0.15) is 0 Å². The van der Waals surface area contributed by atoms with E-state index in [1.54, 1.807) is 18.5 Å². The van der Waals surface area contributed by atoms with Crippen molar-refractivity contribution in [2.24, 2.45) is 0 Å². The van der Waals surface area contributed by atoms with Gasteiger partial charge in [0, 0.05) is 18.9 Å². The van der Waals surface area contributed by atoms with Gasteiger partial charge >= 0.3 is 0 Å². The van der Waals surface area contributed by atoms with Crippen LogP contribution in [-0.4, -0.2) is 51.1 Å². The Balaban J connectivity index is 1.88. The van der Waals surface area contributed by atoms with E-state index in [4.69, 9.17) is 4.74 Å². The molecule has 0 unspecified atom stereocenters. The number of rotatable bonds is 2. The van der Waals surface area contributed by atoms with Crippen LogP contribution in [0.1, 0.15) is 29.2 Å². The quantitative estimate of drug-likeness (QED) is 0.849. The minimum Gasteiger partial charge on any atom is -0.375 e. The lowest BCUT2D eigenvalue weighted by Gasteiger charge is -2.36. The number of aromatic nitrogens is 3. The van der Waals surface area contributed by atoms with Gasteiger partial charge in [-0.25, -0.2) is 15.0 Å². The zero-order valence-electron chi connectivity index (χ0n) is 12.8. The standard InChI is InChI=1S/C15H18N4O2S/c1-9-8-21-10(2)7-19(9)15(20)12-11(3)18-14(22-12)13-16-5-4-6-17-13/h4-6,9-10H,7-8H2,1-3H3/t9-,10+/m0/s1. The van der Waals surface area contributed by atoms with Crippen molar-refractivity contribution in [1.82, 2.24) is 19.9 Å². The molecular weight excluding hydrogens is 300 g/mol. The molecule has 0 radical (unpaired) electrons. The zero-order chi connectivity index (χ0) is 15.7.